The summed E-state index contributed by atoms with van der Waals surface area (Å²) >= 11 is 0. The lowest BCUT2D eigenvalue weighted by molar-refractivity contribution is -0.119. The minimum absolute atomic E-state index is 0.0468. The van der Waals surface area contributed by atoms with E-state index in [0.29, 0.717) is 11.4 Å². The number of methoxy groups -OCH3 is 1. The van der Waals surface area contributed by atoms with Crippen LogP contribution in [-0.2, 0) is 19.6 Å². The molecule has 38 heavy (non-hydrogen) atoms. The van der Waals surface area contributed by atoms with Gasteiger partial charge in [0.2, 0.25) is 5.91 Å². The first kappa shape index (κ1) is 26.4. The average molecular weight is 531 g/mol. The summed E-state index contributed by atoms with van der Waals surface area (Å²) in [5, 5.41) is 8.65. The predicted molar refractivity (Wildman–Crippen MR) is 148 cm³/mol. The number of nitrogens with zero attached hydrogens (tertiary/aromatic N) is 2. The Morgan fingerprint density at radius 1 is 0.921 bits per heavy atom. The van der Waals surface area contributed by atoms with Crippen molar-refractivity contribution in [2.75, 3.05) is 23.3 Å². The number of hydrogen-bond donors (Lipinski definition) is 2. The lowest BCUT2D eigenvalue weighted by atomic mass is 10.1. The highest BCUT2D eigenvalue weighted by atomic mass is 32.2. The molecule has 4 aromatic rings. The van der Waals surface area contributed by atoms with E-state index in [0.717, 1.165) is 20.6 Å². The van der Waals surface area contributed by atoms with Crippen LogP contribution in [0.25, 0.3) is 10.8 Å². The van der Waals surface area contributed by atoms with Gasteiger partial charge in [0.05, 0.1) is 23.9 Å². The van der Waals surface area contributed by atoms with Crippen LogP contribution in [0.4, 0.5) is 11.4 Å². The molecule has 0 aromatic heterocycles. The van der Waals surface area contributed by atoms with E-state index in [9.17, 15) is 18.0 Å². The second-order valence-corrected chi connectivity index (χ2v) is 10.1. The lowest BCUT2D eigenvalue weighted by Gasteiger charge is -2.24. The molecular weight excluding hydrogens is 504 g/mol. The Balaban J connectivity index is 1.58. The van der Waals surface area contributed by atoms with Crippen LogP contribution in [0.5, 0.6) is 5.75 Å². The monoisotopic (exact) mass is 530 g/mol. The SMILES string of the molecule is COc1ccc(N(CC(=O)N/N=C\c2cccc3ccccc23)S(=O)(=O)c2ccc(NC(C)=O)cc2)cc1. The van der Waals surface area contributed by atoms with Gasteiger partial charge in [-0.25, -0.2) is 13.8 Å². The Bertz CT molecular complexity index is 1580. The van der Waals surface area contributed by atoms with Gasteiger partial charge in [-0.1, -0.05) is 42.5 Å². The number of sulfonamides is 1. The van der Waals surface area contributed by atoms with Crippen LogP contribution in [0.15, 0.2) is 101 Å². The van der Waals surface area contributed by atoms with Gasteiger partial charge in [0.1, 0.15) is 12.3 Å². The Hall–Kier alpha value is -4.70. The van der Waals surface area contributed by atoms with Gasteiger partial charge >= 0.3 is 0 Å². The Morgan fingerprint density at radius 3 is 2.29 bits per heavy atom. The topological polar surface area (TPSA) is 117 Å². The summed E-state index contributed by atoms with van der Waals surface area (Å²) in [5.41, 5.74) is 3.95. The summed E-state index contributed by atoms with van der Waals surface area (Å²) in [5.74, 6) is -0.369. The van der Waals surface area contributed by atoms with Crippen LogP contribution < -0.4 is 19.8 Å². The number of rotatable bonds is 9. The largest absolute Gasteiger partial charge is 0.497 e. The molecule has 194 valence electrons. The van der Waals surface area contributed by atoms with Crippen molar-refractivity contribution >= 4 is 50.2 Å². The number of hydrogen-bond acceptors (Lipinski definition) is 6. The highest BCUT2D eigenvalue weighted by molar-refractivity contribution is 7.92. The van der Waals surface area contributed by atoms with E-state index in [1.807, 2.05) is 42.5 Å². The van der Waals surface area contributed by atoms with Gasteiger partial charge in [-0.15, -0.1) is 0 Å². The van der Waals surface area contributed by atoms with Crippen LogP contribution in [0.1, 0.15) is 12.5 Å². The highest BCUT2D eigenvalue weighted by Crippen LogP contribution is 2.26. The van der Waals surface area contributed by atoms with Crippen LogP contribution in [-0.4, -0.2) is 40.1 Å². The Kier molecular flexibility index (Phi) is 8.03. The van der Waals surface area contributed by atoms with Crippen LogP contribution >= 0.6 is 0 Å². The van der Waals surface area contributed by atoms with Crippen LogP contribution in [0.3, 0.4) is 0 Å². The molecule has 10 heteroatoms. The number of nitrogens with one attached hydrogen (secondary N) is 2. The van der Waals surface area contributed by atoms with Crippen molar-refractivity contribution < 1.29 is 22.7 Å². The standard InChI is InChI=1S/C28H26N4O5S/c1-20(33)30-23-10-16-26(17-11-23)38(35,36)32(24-12-14-25(37-2)15-13-24)19-28(34)31-29-18-22-8-5-7-21-6-3-4-9-27(21)22/h3-18H,19H2,1-2H3,(H,30,33)(H,31,34)/b29-18-. The Morgan fingerprint density at radius 2 is 1.61 bits per heavy atom. The van der Waals surface area contributed by atoms with Crippen molar-refractivity contribution in [2.45, 2.75) is 11.8 Å². The van der Waals surface area contributed by atoms with Gasteiger partial charge in [-0.3, -0.25) is 13.9 Å². The zero-order chi connectivity index (χ0) is 27.1. The fourth-order valence-corrected chi connectivity index (χ4v) is 5.23. The third-order valence-electron chi connectivity index (χ3n) is 5.63. The van der Waals surface area contributed by atoms with Crippen molar-refractivity contribution in [1.82, 2.24) is 5.43 Å². The maximum Gasteiger partial charge on any atom is 0.264 e. The summed E-state index contributed by atoms with van der Waals surface area (Å²) in [6.45, 7) is 0.840. The number of amides is 2. The van der Waals surface area contributed by atoms with Crippen LogP contribution in [0.2, 0.25) is 0 Å². The maximum absolute atomic E-state index is 13.6. The summed E-state index contributed by atoms with van der Waals surface area (Å²) in [6, 6.07) is 25.5. The van der Waals surface area contributed by atoms with E-state index in [4.69, 9.17) is 4.74 Å². The molecule has 0 aliphatic rings. The number of anilines is 2. The van der Waals surface area contributed by atoms with E-state index in [-0.39, 0.29) is 16.5 Å². The molecule has 0 saturated heterocycles. The molecule has 0 unspecified atom stereocenters. The van der Waals surface area contributed by atoms with Crippen LogP contribution in [0, 0.1) is 0 Å². The number of hydrazone groups is 1. The summed E-state index contributed by atoms with van der Waals surface area (Å²) < 4.78 is 33.3. The third-order valence-corrected chi connectivity index (χ3v) is 7.41. The molecule has 0 aliphatic carbocycles. The minimum atomic E-state index is -4.15. The minimum Gasteiger partial charge on any atom is -0.497 e. The van der Waals surface area contributed by atoms with E-state index in [2.05, 4.69) is 15.8 Å². The molecule has 2 amide bonds. The normalized spacial score (nSPS) is 11.3. The smallest absolute Gasteiger partial charge is 0.264 e. The molecule has 0 heterocycles. The predicted octanol–water partition coefficient (Wildman–Crippen LogP) is 4.15. The van der Waals surface area contributed by atoms with Crippen molar-refractivity contribution in [1.29, 1.82) is 0 Å². The van der Waals surface area contributed by atoms with Crippen molar-refractivity contribution in [2.24, 2.45) is 5.10 Å². The zero-order valence-electron chi connectivity index (χ0n) is 20.8. The Labute approximate surface area is 220 Å². The van der Waals surface area contributed by atoms with E-state index in [1.165, 1.54) is 44.5 Å². The molecule has 4 aromatic carbocycles. The lowest BCUT2D eigenvalue weighted by Crippen LogP contribution is -2.39. The van der Waals surface area contributed by atoms with Gasteiger partial charge < -0.3 is 10.1 Å². The van der Waals surface area contributed by atoms with E-state index >= 15 is 0 Å². The van der Waals surface area contributed by atoms with Gasteiger partial charge in [-0.05, 0) is 59.3 Å². The fraction of sp³-hybridized carbons (Fsp3) is 0.107. The van der Waals surface area contributed by atoms with Gasteiger partial charge in [0, 0.05) is 18.2 Å². The number of ether oxygens (including phenoxy) is 1. The quantitative estimate of drug-likeness (QED) is 0.249. The summed E-state index contributed by atoms with van der Waals surface area (Å²) in [4.78, 5) is 24.1. The van der Waals surface area contributed by atoms with Crippen molar-refractivity contribution in [3.63, 3.8) is 0 Å². The first-order valence-electron chi connectivity index (χ1n) is 11.6. The molecule has 0 radical (unpaired) electrons. The molecule has 0 saturated carbocycles. The first-order chi connectivity index (χ1) is 18.3. The third kappa shape index (κ3) is 6.16. The number of carbonyl (C=O) groups excluding carboxylic acids is 2. The second-order valence-electron chi connectivity index (χ2n) is 8.28. The van der Waals surface area contributed by atoms with Gasteiger partial charge in [-0.2, -0.15) is 5.10 Å². The number of benzene rings is 4. The molecule has 2 N–H and O–H groups in total. The summed E-state index contributed by atoms with van der Waals surface area (Å²) in [7, 11) is -2.65. The summed E-state index contributed by atoms with van der Waals surface area (Å²) in [6.07, 6.45) is 1.52. The molecule has 0 spiro atoms. The van der Waals surface area contributed by atoms with Crippen molar-refractivity contribution in [3.05, 3.63) is 96.6 Å². The molecular formula is C28H26N4O5S. The van der Waals surface area contributed by atoms with Gasteiger partial charge in [0.25, 0.3) is 15.9 Å². The average Bonchev–Trinajstić information content (AvgIpc) is 2.92. The van der Waals surface area contributed by atoms with Crippen molar-refractivity contribution in [3.8, 4) is 5.75 Å². The second kappa shape index (κ2) is 11.6. The molecule has 0 aliphatic heterocycles. The first-order valence-corrected chi connectivity index (χ1v) is 13.1. The number of carbonyl (C=O) groups is 2. The fourth-order valence-electron chi connectivity index (χ4n) is 3.81. The molecule has 9 nitrogen and oxygen atoms in total. The zero-order valence-corrected chi connectivity index (χ0v) is 21.6. The highest BCUT2D eigenvalue weighted by Gasteiger charge is 2.27. The maximum atomic E-state index is 13.6. The molecule has 0 bridgehead atoms. The number of fused-ring (bicyclic) bond motifs is 1. The molecule has 0 fully saturated rings. The van der Waals surface area contributed by atoms with E-state index in [1.54, 1.807) is 24.3 Å². The molecule has 0 atom stereocenters. The van der Waals surface area contributed by atoms with Gasteiger partial charge in [0.15, 0.2) is 0 Å². The van der Waals surface area contributed by atoms with E-state index < -0.39 is 22.5 Å². The molecule has 4 rings (SSSR count).